The molecular weight excluding hydrogens is 254 g/mol. The topological polar surface area (TPSA) is 78.1 Å². The number of aryl methyl sites for hydroxylation is 1. The van der Waals surface area contributed by atoms with Crippen molar-refractivity contribution in [3.8, 4) is 11.4 Å². The Balaban J connectivity index is 2.35. The molecule has 0 aliphatic heterocycles. The highest BCUT2D eigenvalue weighted by Gasteiger charge is 2.13. The number of esters is 1. The van der Waals surface area contributed by atoms with Gasteiger partial charge < -0.3 is 10.5 Å². The number of hydrogen-bond acceptors (Lipinski definition) is 5. The van der Waals surface area contributed by atoms with Crippen LogP contribution in [0.4, 0.5) is 5.69 Å². The van der Waals surface area contributed by atoms with Crippen molar-refractivity contribution in [2.24, 2.45) is 0 Å². The molecule has 5 heteroatoms. The number of rotatable bonds is 4. The van der Waals surface area contributed by atoms with Gasteiger partial charge in [-0.15, -0.1) is 0 Å². The Bertz CT molecular complexity index is 626. The minimum absolute atomic E-state index is 0.348. The van der Waals surface area contributed by atoms with Crippen LogP contribution in [0.3, 0.4) is 0 Å². The van der Waals surface area contributed by atoms with E-state index in [1.807, 2.05) is 19.9 Å². The van der Waals surface area contributed by atoms with E-state index in [9.17, 15) is 4.79 Å². The molecule has 1 aromatic heterocycles. The highest BCUT2D eigenvalue weighted by atomic mass is 16.5. The predicted molar refractivity (Wildman–Crippen MR) is 77.2 cm³/mol. The zero-order valence-electron chi connectivity index (χ0n) is 11.6. The molecule has 1 heterocycles. The number of ether oxygens (including phenoxy) is 1. The molecule has 0 fully saturated rings. The average Bonchev–Trinajstić information content (AvgIpc) is 2.45. The van der Waals surface area contributed by atoms with Crippen molar-refractivity contribution in [1.29, 1.82) is 0 Å². The largest absolute Gasteiger partial charge is 0.462 e. The Kier molecular flexibility index (Phi) is 4.30. The Morgan fingerprint density at radius 1 is 1.35 bits per heavy atom. The van der Waals surface area contributed by atoms with E-state index < -0.39 is 5.97 Å². The van der Waals surface area contributed by atoms with Crippen LogP contribution in [0.15, 0.2) is 30.5 Å². The molecule has 20 heavy (non-hydrogen) atoms. The van der Waals surface area contributed by atoms with Crippen LogP contribution in [0.5, 0.6) is 0 Å². The van der Waals surface area contributed by atoms with Gasteiger partial charge in [-0.3, -0.25) is 0 Å². The summed E-state index contributed by atoms with van der Waals surface area (Å²) < 4.78 is 5.11. The molecule has 0 saturated heterocycles. The minimum atomic E-state index is -0.418. The van der Waals surface area contributed by atoms with Gasteiger partial charge in [0.25, 0.3) is 0 Å². The van der Waals surface area contributed by atoms with Gasteiger partial charge in [0.1, 0.15) is 0 Å². The standard InChI is InChI=1S/C15H17N3O2/c1-3-8-20-15(19)12-9-11(4-5-13(12)16)14-17-7-6-10(2)18-14/h4-7,9H,3,8,16H2,1-2H3. The molecule has 5 nitrogen and oxygen atoms in total. The summed E-state index contributed by atoms with van der Waals surface area (Å²) >= 11 is 0. The highest BCUT2D eigenvalue weighted by molar-refractivity contribution is 5.96. The average molecular weight is 271 g/mol. The number of hydrogen-bond donors (Lipinski definition) is 1. The molecule has 2 rings (SSSR count). The van der Waals surface area contributed by atoms with Crippen molar-refractivity contribution in [1.82, 2.24) is 9.97 Å². The summed E-state index contributed by atoms with van der Waals surface area (Å²) in [6, 6.07) is 6.95. The number of nitrogens with two attached hydrogens (primary N) is 1. The minimum Gasteiger partial charge on any atom is -0.462 e. The zero-order valence-corrected chi connectivity index (χ0v) is 11.6. The molecular formula is C15H17N3O2. The number of carbonyl (C=O) groups is 1. The molecule has 0 bridgehead atoms. The lowest BCUT2D eigenvalue weighted by Crippen LogP contribution is -2.09. The first-order valence-electron chi connectivity index (χ1n) is 6.48. The van der Waals surface area contributed by atoms with Crippen molar-refractivity contribution in [2.45, 2.75) is 20.3 Å². The lowest BCUT2D eigenvalue weighted by molar-refractivity contribution is 0.0506. The molecule has 0 aliphatic rings. The van der Waals surface area contributed by atoms with Gasteiger partial charge in [0.15, 0.2) is 5.82 Å². The maximum atomic E-state index is 11.9. The fraction of sp³-hybridized carbons (Fsp3) is 0.267. The van der Waals surface area contributed by atoms with Crippen molar-refractivity contribution >= 4 is 11.7 Å². The second-order valence-corrected chi connectivity index (χ2v) is 4.46. The first-order chi connectivity index (χ1) is 9.61. The zero-order chi connectivity index (χ0) is 14.5. The summed E-state index contributed by atoms with van der Waals surface area (Å²) in [5.41, 5.74) is 8.17. The summed E-state index contributed by atoms with van der Waals surface area (Å²) in [5, 5.41) is 0. The second-order valence-electron chi connectivity index (χ2n) is 4.46. The van der Waals surface area contributed by atoms with Crippen LogP contribution in [0.1, 0.15) is 29.4 Å². The van der Waals surface area contributed by atoms with E-state index >= 15 is 0 Å². The van der Waals surface area contributed by atoms with Gasteiger partial charge >= 0.3 is 5.97 Å². The van der Waals surface area contributed by atoms with Crippen LogP contribution in [0, 0.1) is 6.92 Å². The second kappa shape index (κ2) is 6.14. The number of aromatic nitrogens is 2. The highest BCUT2D eigenvalue weighted by Crippen LogP contribution is 2.22. The van der Waals surface area contributed by atoms with Crippen LogP contribution >= 0.6 is 0 Å². The number of nitrogens with zero attached hydrogens (tertiary/aromatic N) is 2. The SMILES string of the molecule is CCCOC(=O)c1cc(-c2nccc(C)n2)ccc1N. The Morgan fingerprint density at radius 3 is 2.85 bits per heavy atom. The monoisotopic (exact) mass is 271 g/mol. The van der Waals surface area contributed by atoms with Gasteiger partial charge in [-0.2, -0.15) is 0 Å². The van der Waals surface area contributed by atoms with Gasteiger partial charge in [0.2, 0.25) is 0 Å². The van der Waals surface area contributed by atoms with Gasteiger partial charge in [-0.1, -0.05) is 6.92 Å². The number of anilines is 1. The van der Waals surface area contributed by atoms with Crippen LogP contribution in [0.2, 0.25) is 0 Å². The fourth-order valence-corrected chi connectivity index (χ4v) is 1.73. The Hall–Kier alpha value is -2.43. The van der Waals surface area contributed by atoms with E-state index in [-0.39, 0.29) is 0 Å². The van der Waals surface area contributed by atoms with E-state index in [0.717, 1.165) is 17.7 Å². The Morgan fingerprint density at radius 2 is 2.15 bits per heavy atom. The summed E-state index contributed by atoms with van der Waals surface area (Å²) in [6.45, 7) is 4.20. The Labute approximate surface area is 117 Å². The van der Waals surface area contributed by atoms with E-state index in [1.165, 1.54) is 0 Å². The smallest absolute Gasteiger partial charge is 0.340 e. The van der Waals surface area contributed by atoms with Crippen LogP contribution in [0.25, 0.3) is 11.4 Å². The predicted octanol–water partition coefficient (Wildman–Crippen LogP) is 2.60. The van der Waals surface area contributed by atoms with Crippen LogP contribution < -0.4 is 5.73 Å². The quantitative estimate of drug-likeness (QED) is 0.683. The van der Waals surface area contributed by atoms with E-state index in [1.54, 1.807) is 24.4 Å². The van der Waals surface area contributed by atoms with Crippen molar-refractivity contribution < 1.29 is 9.53 Å². The molecule has 0 atom stereocenters. The third-order valence-electron chi connectivity index (χ3n) is 2.76. The maximum absolute atomic E-state index is 11.9. The van der Waals surface area contributed by atoms with Crippen molar-refractivity contribution in [3.05, 3.63) is 41.7 Å². The normalized spacial score (nSPS) is 10.3. The van der Waals surface area contributed by atoms with Gasteiger partial charge in [0, 0.05) is 23.1 Å². The van der Waals surface area contributed by atoms with Gasteiger partial charge in [0.05, 0.1) is 12.2 Å². The number of carbonyl (C=O) groups excluding carboxylic acids is 1. The molecule has 0 unspecified atom stereocenters. The fourth-order valence-electron chi connectivity index (χ4n) is 1.73. The molecule has 104 valence electrons. The molecule has 1 aromatic carbocycles. The molecule has 2 N–H and O–H groups in total. The van der Waals surface area contributed by atoms with Crippen LogP contribution in [-0.4, -0.2) is 22.5 Å². The van der Waals surface area contributed by atoms with E-state index in [0.29, 0.717) is 23.7 Å². The number of nitrogen functional groups attached to an aromatic ring is 1. The summed E-state index contributed by atoms with van der Waals surface area (Å²) in [7, 11) is 0. The molecule has 0 aliphatic carbocycles. The summed E-state index contributed by atoms with van der Waals surface area (Å²) in [4.78, 5) is 20.5. The van der Waals surface area contributed by atoms with Crippen molar-refractivity contribution in [2.75, 3.05) is 12.3 Å². The van der Waals surface area contributed by atoms with Crippen molar-refractivity contribution in [3.63, 3.8) is 0 Å². The first-order valence-corrected chi connectivity index (χ1v) is 6.48. The molecule has 0 saturated carbocycles. The summed E-state index contributed by atoms with van der Waals surface area (Å²) in [5.74, 6) is 0.147. The molecule has 2 aromatic rings. The molecule has 0 spiro atoms. The number of benzene rings is 1. The summed E-state index contributed by atoms with van der Waals surface area (Å²) in [6.07, 6.45) is 2.45. The lowest BCUT2D eigenvalue weighted by atomic mass is 10.1. The maximum Gasteiger partial charge on any atom is 0.340 e. The van der Waals surface area contributed by atoms with E-state index in [2.05, 4.69) is 9.97 Å². The molecule has 0 radical (unpaired) electrons. The molecule has 0 amide bonds. The lowest BCUT2D eigenvalue weighted by Gasteiger charge is -2.08. The van der Waals surface area contributed by atoms with Crippen LogP contribution in [-0.2, 0) is 4.74 Å². The third kappa shape index (κ3) is 3.12. The van der Waals surface area contributed by atoms with Gasteiger partial charge in [-0.05, 0) is 37.6 Å². The first kappa shape index (κ1) is 14.0. The third-order valence-corrected chi connectivity index (χ3v) is 2.76. The van der Waals surface area contributed by atoms with E-state index in [4.69, 9.17) is 10.5 Å². The van der Waals surface area contributed by atoms with Gasteiger partial charge in [-0.25, -0.2) is 14.8 Å².